The molecule has 2 aromatic heterocycles. The first kappa shape index (κ1) is 23.3. The van der Waals surface area contributed by atoms with Gasteiger partial charge in [0.05, 0.1) is 18.4 Å². The van der Waals surface area contributed by atoms with Gasteiger partial charge in [-0.25, -0.2) is 14.8 Å². The Morgan fingerprint density at radius 1 is 1.21 bits per heavy atom. The number of anilines is 2. The van der Waals surface area contributed by atoms with E-state index < -0.39 is 29.4 Å². The van der Waals surface area contributed by atoms with Crippen LogP contribution in [0.5, 0.6) is 0 Å². The zero-order valence-electron chi connectivity index (χ0n) is 17.5. The van der Waals surface area contributed by atoms with Crippen LogP contribution in [-0.4, -0.2) is 59.4 Å². The first-order valence-electron chi connectivity index (χ1n) is 9.72. The lowest BCUT2D eigenvalue weighted by Gasteiger charge is -2.14. The van der Waals surface area contributed by atoms with Crippen LogP contribution < -0.4 is 21.9 Å². The molecule has 0 bridgehead atoms. The van der Waals surface area contributed by atoms with E-state index in [9.17, 15) is 24.3 Å². The highest BCUT2D eigenvalue weighted by molar-refractivity contribution is 6.05. The molecule has 0 fully saturated rings. The predicted molar refractivity (Wildman–Crippen MR) is 120 cm³/mol. The molecule has 3 aromatic rings. The van der Waals surface area contributed by atoms with Crippen molar-refractivity contribution >= 4 is 51.1 Å². The number of aliphatic carboxylic acids is 1. The molecule has 0 aliphatic heterocycles. The van der Waals surface area contributed by atoms with Gasteiger partial charge in [-0.2, -0.15) is 4.98 Å². The Labute approximate surface area is 189 Å². The lowest BCUT2D eigenvalue weighted by Crippen LogP contribution is -2.41. The third-order valence-electron chi connectivity index (χ3n) is 4.58. The maximum absolute atomic E-state index is 12.4. The number of aromatic amines is 1. The molecule has 3 rings (SSSR count). The van der Waals surface area contributed by atoms with E-state index >= 15 is 0 Å². The van der Waals surface area contributed by atoms with Gasteiger partial charge in [-0.1, -0.05) is 0 Å². The molecular weight excluding hydrogens is 450 g/mol. The summed E-state index contributed by atoms with van der Waals surface area (Å²) in [6, 6.07) is 5.09. The summed E-state index contributed by atoms with van der Waals surface area (Å²) >= 11 is 0. The van der Waals surface area contributed by atoms with Crippen LogP contribution in [-0.2, 0) is 20.6 Å². The van der Waals surface area contributed by atoms with E-state index in [2.05, 4.69) is 35.0 Å². The number of nitrogen functional groups attached to an aromatic ring is 1. The zero-order chi connectivity index (χ0) is 24.0. The van der Waals surface area contributed by atoms with Gasteiger partial charge >= 0.3 is 5.97 Å². The van der Waals surface area contributed by atoms with E-state index in [1.54, 1.807) is 12.1 Å². The molecule has 1 unspecified atom stereocenters. The van der Waals surface area contributed by atoms with Crippen molar-refractivity contribution in [2.45, 2.75) is 25.4 Å². The van der Waals surface area contributed by atoms with Crippen LogP contribution in [0.15, 0.2) is 35.3 Å². The number of hydrogen-bond acceptors (Lipinski definition) is 10. The van der Waals surface area contributed by atoms with Crippen LogP contribution in [0.1, 0.15) is 28.9 Å². The van der Waals surface area contributed by atoms with E-state index in [0.29, 0.717) is 11.4 Å². The smallest absolute Gasteiger partial charge is 0.326 e. The number of aromatic nitrogens is 4. The normalized spacial score (nSPS) is 11.6. The monoisotopic (exact) mass is 471 g/mol. The summed E-state index contributed by atoms with van der Waals surface area (Å²) in [5.74, 6) is -2.37. The summed E-state index contributed by atoms with van der Waals surface area (Å²) in [7, 11) is 0.223. The number of nitrogens with zero attached hydrogens (tertiary/aromatic N) is 3. The van der Waals surface area contributed by atoms with Crippen molar-refractivity contribution in [1.29, 1.82) is 0 Å². The molecule has 6 N–H and O–H groups in total. The van der Waals surface area contributed by atoms with Gasteiger partial charge in [0, 0.05) is 17.7 Å². The minimum atomic E-state index is -1.24. The van der Waals surface area contributed by atoms with Crippen molar-refractivity contribution in [2.24, 2.45) is 0 Å². The molecule has 0 spiro atoms. The molecule has 2 heterocycles. The number of nitrogens with two attached hydrogens (primary N) is 1. The van der Waals surface area contributed by atoms with Crippen LogP contribution in [0.4, 0.5) is 11.6 Å². The first-order valence-corrected chi connectivity index (χ1v) is 10.5. The SMILES string of the molecule is Nc1nc2ncc(CNc3ccc(C(=O)NC(CCC(=O)O[SiH3])C(=O)O)cc3)nc2c(=O)[nH]1. The standard InChI is InChI=1S/C19H21N7O6Si/c20-19-25-15-14(17(29)26-19)23-11(8-22-15)7-21-10-3-1-9(2-4-10)16(28)24-12(18(30)31)5-6-13(27)32-33/h1-4,8,12,21H,5-7H2,33H3,(H,24,28)(H,30,31)(H3,20,22,25,26,29). The number of carbonyl (C=O) groups is 3. The summed E-state index contributed by atoms with van der Waals surface area (Å²) in [5, 5.41) is 14.7. The molecule has 14 heteroatoms. The fraction of sp³-hybridized carbons (Fsp3) is 0.211. The second-order valence-electron chi connectivity index (χ2n) is 6.89. The topological polar surface area (TPSA) is 202 Å². The molecular formula is C19H21N7O6Si. The molecule has 1 amide bonds. The van der Waals surface area contributed by atoms with E-state index in [1.807, 2.05) is 0 Å². The fourth-order valence-electron chi connectivity index (χ4n) is 2.85. The highest BCUT2D eigenvalue weighted by Gasteiger charge is 2.21. The quantitative estimate of drug-likeness (QED) is 0.232. The maximum Gasteiger partial charge on any atom is 0.326 e. The lowest BCUT2D eigenvalue weighted by atomic mass is 10.1. The van der Waals surface area contributed by atoms with Crippen LogP contribution in [0.3, 0.4) is 0 Å². The molecule has 1 aromatic carbocycles. The average molecular weight is 472 g/mol. The fourth-order valence-corrected chi connectivity index (χ4v) is 3.06. The number of carbonyl (C=O) groups excluding carboxylic acids is 2. The van der Waals surface area contributed by atoms with Gasteiger partial charge in [-0.05, 0) is 30.7 Å². The molecule has 0 aliphatic rings. The van der Waals surface area contributed by atoms with Crippen molar-refractivity contribution in [3.05, 3.63) is 52.1 Å². The molecule has 0 saturated carbocycles. The molecule has 0 saturated heterocycles. The van der Waals surface area contributed by atoms with E-state index in [4.69, 9.17) is 5.73 Å². The summed E-state index contributed by atoms with van der Waals surface area (Å²) in [6.45, 7) is 0.246. The second kappa shape index (κ2) is 10.3. The van der Waals surface area contributed by atoms with Crippen molar-refractivity contribution < 1.29 is 23.9 Å². The minimum Gasteiger partial charge on any atom is -0.529 e. The molecule has 33 heavy (non-hydrogen) atoms. The number of carboxylic acids is 1. The first-order chi connectivity index (χ1) is 15.8. The van der Waals surface area contributed by atoms with Crippen LogP contribution in [0.2, 0.25) is 0 Å². The van der Waals surface area contributed by atoms with E-state index in [0.717, 1.165) is 0 Å². The molecule has 172 valence electrons. The van der Waals surface area contributed by atoms with Gasteiger partial charge in [0.2, 0.25) is 16.4 Å². The van der Waals surface area contributed by atoms with E-state index in [-0.39, 0.29) is 52.5 Å². The summed E-state index contributed by atoms with van der Waals surface area (Å²) in [5.41, 5.74) is 6.59. The number of carboxylic acid groups (broad SMARTS) is 1. The number of hydrogen-bond donors (Lipinski definition) is 5. The number of rotatable bonds is 9. The third-order valence-corrected chi connectivity index (χ3v) is 5.03. The Bertz CT molecular complexity index is 1250. The summed E-state index contributed by atoms with van der Waals surface area (Å²) in [6.07, 6.45) is 1.29. The van der Waals surface area contributed by atoms with Gasteiger partial charge in [-0.3, -0.25) is 19.4 Å². The summed E-state index contributed by atoms with van der Waals surface area (Å²) in [4.78, 5) is 61.5. The van der Waals surface area contributed by atoms with Crippen molar-refractivity contribution in [3.63, 3.8) is 0 Å². The van der Waals surface area contributed by atoms with Crippen molar-refractivity contribution in [2.75, 3.05) is 11.1 Å². The van der Waals surface area contributed by atoms with Crippen LogP contribution in [0, 0.1) is 0 Å². The highest BCUT2D eigenvalue weighted by atomic mass is 28.2. The Hall–Kier alpha value is -4.33. The van der Waals surface area contributed by atoms with Crippen molar-refractivity contribution in [3.8, 4) is 0 Å². The molecule has 0 aliphatic carbocycles. The van der Waals surface area contributed by atoms with Gasteiger partial charge in [0.1, 0.15) is 6.04 Å². The van der Waals surface area contributed by atoms with Crippen molar-refractivity contribution in [1.82, 2.24) is 25.3 Å². The predicted octanol–water partition coefficient (Wildman–Crippen LogP) is -1.31. The van der Waals surface area contributed by atoms with Gasteiger partial charge in [0.25, 0.3) is 17.4 Å². The summed E-state index contributed by atoms with van der Waals surface area (Å²) < 4.78 is 4.62. The average Bonchev–Trinajstić information content (AvgIpc) is 2.80. The van der Waals surface area contributed by atoms with Crippen LogP contribution in [0.25, 0.3) is 11.2 Å². The van der Waals surface area contributed by atoms with Crippen LogP contribution >= 0.6 is 0 Å². The molecule has 0 radical (unpaired) electrons. The number of fused-ring (bicyclic) bond motifs is 1. The van der Waals surface area contributed by atoms with E-state index in [1.165, 1.54) is 18.3 Å². The number of H-pyrrole nitrogens is 1. The Kier molecular flexibility index (Phi) is 7.30. The Morgan fingerprint density at radius 2 is 1.94 bits per heavy atom. The third kappa shape index (κ3) is 6.10. The number of amides is 1. The molecule has 1 atom stereocenters. The Balaban J connectivity index is 1.61. The second-order valence-corrected chi connectivity index (χ2v) is 7.30. The number of nitrogens with one attached hydrogen (secondary N) is 3. The zero-order valence-corrected chi connectivity index (χ0v) is 19.5. The molecule has 13 nitrogen and oxygen atoms in total. The van der Waals surface area contributed by atoms with Gasteiger partial charge < -0.3 is 25.9 Å². The van der Waals surface area contributed by atoms with Gasteiger partial charge in [-0.15, -0.1) is 0 Å². The lowest BCUT2D eigenvalue weighted by molar-refractivity contribution is -0.140. The number of benzene rings is 1. The van der Waals surface area contributed by atoms with Gasteiger partial charge in [0.15, 0.2) is 11.2 Å². The minimum absolute atomic E-state index is 0.0450. The highest BCUT2D eigenvalue weighted by Crippen LogP contribution is 2.12. The largest absolute Gasteiger partial charge is 0.529 e. The Morgan fingerprint density at radius 3 is 2.61 bits per heavy atom. The maximum atomic E-state index is 12.4.